The third-order valence-corrected chi connectivity index (χ3v) is 33.3. The van der Waals surface area contributed by atoms with Gasteiger partial charge in [0.25, 0.3) is 31.9 Å². The van der Waals surface area contributed by atoms with Crippen molar-refractivity contribution < 1.29 is 35.9 Å². The van der Waals surface area contributed by atoms with E-state index in [2.05, 4.69) is 153 Å². The fraction of sp³-hybridized carbons (Fsp3) is 0.571. The number of nitrogens with one attached hydrogen (secondary N) is 4. The summed E-state index contributed by atoms with van der Waals surface area (Å²) in [5, 5.41) is 7.45. The van der Waals surface area contributed by atoms with Crippen LogP contribution in [-0.2, 0) is 29.5 Å². The first kappa shape index (κ1) is 88.2. The summed E-state index contributed by atoms with van der Waals surface area (Å²) in [5.41, 5.74) is 16.4. The lowest BCUT2D eigenvalue weighted by Gasteiger charge is -2.72. The standard InChI is InChI=1S/2C49H67N5O4S2/c2*1-6-41-31-52(26-27-58-41)21-19-39(32-59-42-10-8-7-9-11-42)50-45-17-16-43(28-36(45)2)60(56,57)51-46(55)37-12-14-40(15-13-37)54-24-22-53(23-25-54)30-38-18-20-47(3,4)29-44(38)49-33-48(5,34-49)35-49/h2*7-17,28,39,41,50H,6,18-27,29-35H2,1-5H3,(H,51,55)/t39-,41+,48?,49?;39-,41-,48?,49?/m11/s1. The van der Waals surface area contributed by atoms with Gasteiger partial charge in [0.2, 0.25) is 0 Å². The molecule has 6 aromatic rings. The number of aryl methyl sites for hydroxylation is 2. The van der Waals surface area contributed by atoms with E-state index in [9.17, 15) is 26.4 Å². The molecule has 0 spiro atoms. The van der Waals surface area contributed by atoms with Gasteiger partial charge in [-0.1, -0.05) is 114 Å². The van der Waals surface area contributed by atoms with E-state index in [0.29, 0.717) is 43.6 Å². The summed E-state index contributed by atoms with van der Waals surface area (Å²) in [6.45, 7) is 40.2. The number of hydrogen-bond acceptors (Lipinski definition) is 18. The highest BCUT2D eigenvalue weighted by Crippen LogP contribution is 2.79. The Morgan fingerprint density at radius 2 is 0.833 bits per heavy atom. The number of piperazine rings is 2. The molecule has 18 rings (SSSR count). The molecule has 2 amide bonds. The lowest BCUT2D eigenvalue weighted by atomic mass is 9.33. The van der Waals surface area contributed by atoms with E-state index >= 15 is 0 Å². The number of carbonyl (C=O) groups excluding carboxylic acids is 2. The van der Waals surface area contributed by atoms with Crippen LogP contribution in [0.15, 0.2) is 187 Å². The van der Waals surface area contributed by atoms with Crippen LogP contribution in [0.4, 0.5) is 22.7 Å². The van der Waals surface area contributed by atoms with Crippen LogP contribution >= 0.6 is 23.5 Å². The number of sulfonamides is 2. The summed E-state index contributed by atoms with van der Waals surface area (Å²) in [4.78, 5) is 44.3. The van der Waals surface area contributed by atoms with Gasteiger partial charge in [0, 0.05) is 172 Å². The second kappa shape index (κ2) is 37.2. The van der Waals surface area contributed by atoms with Gasteiger partial charge in [-0.15, -0.1) is 23.5 Å². The molecule has 0 unspecified atom stereocenters. The van der Waals surface area contributed by atoms with Crippen molar-refractivity contribution in [3.8, 4) is 0 Å². The lowest BCUT2D eigenvalue weighted by Crippen LogP contribution is -2.61. The molecule has 10 fully saturated rings. The van der Waals surface area contributed by atoms with E-state index in [1.807, 2.05) is 97.0 Å². The summed E-state index contributed by atoms with van der Waals surface area (Å²) in [5.74, 6) is 0.479. The smallest absolute Gasteiger partial charge is 0.264 e. The number of amides is 2. The van der Waals surface area contributed by atoms with Gasteiger partial charge in [-0.25, -0.2) is 26.3 Å². The Kier molecular flexibility index (Phi) is 27.4. The van der Waals surface area contributed by atoms with E-state index in [1.165, 1.54) is 86.8 Å². The molecule has 18 nitrogen and oxygen atoms in total. The fourth-order valence-electron chi connectivity index (χ4n) is 21.7. The number of benzene rings is 6. The maximum atomic E-state index is 13.5. The number of carbonyl (C=O) groups is 2. The molecule has 4 N–H and O–H groups in total. The molecule has 8 aliphatic carbocycles. The summed E-state index contributed by atoms with van der Waals surface area (Å²) < 4.78 is 70.6. The predicted molar refractivity (Wildman–Crippen MR) is 491 cm³/mol. The van der Waals surface area contributed by atoms with Gasteiger partial charge in [0.1, 0.15) is 0 Å². The number of allylic oxidation sites excluding steroid dienone is 2. The van der Waals surface area contributed by atoms with Gasteiger partial charge < -0.3 is 29.9 Å². The van der Waals surface area contributed by atoms with Gasteiger partial charge in [-0.05, 0) is 269 Å². The third-order valence-electron chi connectivity index (χ3n) is 28.3. The van der Waals surface area contributed by atoms with Crippen molar-refractivity contribution in [2.45, 2.75) is 216 Å². The minimum Gasteiger partial charge on any atom is -0.381 e. The second-order valence-electron chi connectivity index (χ2n) is 39.4. The first-order valence-electron chi connectivity index (χ1n) is 44.9. The van der Waals surface area contributed by atoms with Crippen molar-refractivity contribution >= 4 is 78.1 Å². The van der Waals surface area contributed by atoms with Crippen molar-refractivity contribution in [1.29, 1.82) is 0 Å². The van der Waals surface area contributed by atoms with E-state index < -0.39 is 31.9 Å². The zero-order chi connectivity index (χ0) is 84.2. The summed E-state index contributed by atoms with van der Waals surface area (Å²) in [6, 6.07) is 46.0. The summed E-state index contributed by atoms with van der Waals surface area (Å²) >= 11 is 3.64. The molecule has 6 saturated carbocycles. The Labute approximate surface area is 726 Å². The van der Waals surface area contributed by atoms with Crippen molar-refractivity contribution in [2.24, 2.45) is 32.5 Å². The van der Waals surface area contributed by atoms with Gasteiger partial charge >= 0.3 is 0 Å². The number of nitrogens with zero attached hydrogens (tertiary/aromatic N) is 6. The summed E-state index contributed by atoms with van der Waals surface area (Å²) in [7, 11) is -8.18. The normalized spacial score (nSPS) is 26.2. The quantitative estimate of drug-likeness (QED) is 0.0230. The first-order chi connectivity index (χ1) is 57.4. The van der Waals surface area contributed by atoms with Crippen molar-refractivity contribution in [3.05, 3.63) is 190 Å². The van der Waals surface area contributed by atoms with Crippen molar-refractivity contribution in [2.75, 3.05) is 150 Å². The van der Waals surface area contributed by atoms with Crippen LogP contribution in [0.1, 0.15) is 190 Å². The second-order valence-corrected chi connectivity index (χ2v) is 45.0. The SMILES string of the molecule is CC[C@@H]1CN(CC[C@H](CSc2ccccc2)Nc2ccc(S(=O)(=O)NC(=O)c3ccc(N4CCN(CC5=C(C67CC(C)(C6)C7)CC(C)(C)CC5)CC4)cc3)cc2C)CCO1.CC[C@H]1CN(CC[C@H](CSc2ccccc2)Nc2ccc(S(=O)(=O)NC(=O)c3ccc(N4CCN(CC5=C(C67CC(C)(C6)C7)CC(C)(C)CC5)CC4)cc3)cc2C)CCO1. The third kappa shape index (κ3) is 21.4. The molecule has 4 atom stereocenters. The average molecular weight is 1710 g/mol. The van der Waals surface area contributed by atoms with Crippen LogP contribution in [0.2, 0.25) is 0 Å². The van der Waals surface area contributed by atoms with Crippen LogP contribution in [0.5, 0.6) is 0 Å². The van der Waals surface area contributed by atoms with Gasteiger partial charge in [0.05, 0.1) is 35.2 Å². The van der Waals surface area contributed by atoms with Gasteiger partial charge in [0.15, 0.2) is 0 Å². The highest BCUT2D eigenvalue weighted by Gasteiger charge is 2.68. The summed E-state index contributed by atoms with van der Waals surface area (Å²) in [6.07, 6.45) is 20.5. The van der Waals surface area contributed by atoms with Crippen LogP contribution in [0.25, 0.3) is 0 Å². The first-order valence-corrected chi connectivity index (χ1v) is 49.8. The number of morpholine rings is 2. The van der Waals surface area contributed by atoms with Crippen molar-refractivity contribution in [1.82, 2.24) is 29.0 Å². The molecular weight excluding hydrogens is 1570 g/mol. The molecule has 4 saturated heterocycles. The number of ether oxygens (including phenoxy) is 2. The minimum absolute atomic E-state index is 0.0702. The lowest BCUT2D eigenvalue weighted by molar-refractivity contribution is -0.167. The molecule has 4 bridgehead atoms. The Morgan fingerprint density at radius 1 is 0.467 bits per heavy atom. The maximum absolute atomic E-state index is 13.5. The number of hydrogen-bond donors (Lipinski definition) is 4. The maximum Gasteiger partial charge on any atom is 0.264 e. The molecule has 12 aliphatic rings. The predicted octanol–water partition coefficient (Wildman–Crippen LogP) is 18.0. The molecule has 22 heteroatoms. The molecular formula is C98H134N10O8S4. The number of anilines is 4. The molecule has 0 aromatic heterocycles. The Balaban J connectivity index is 0.000000187. The molecule has 648 valence electrons. The van der Waals surface area contributed by atoms with Crippen LogP contribution < -0.4 is 29.9 Å². The van der Waals surface area contributed by atoms with Gasteiger partial charge in [-0.3, -0.25) is 29.2 Å². The van der Waals surface area contributed by atoms with E-state index in [0.717, 1.165) is 189 Å². The number of rotatable bonds is 32. The molecule has 6 aromatic carbocycles. The molecule has 4 aliphatic heterocycles. The van der Waals surface area contributed by atoms with Crippen molar-refractivity contribution in [3.63, 3.8) is 0 Å². The minimum atomic E-state index is -4.09. The van der Waals surface area contributed by atoms with Crippen LogP contribution in [-0.4, -0.2) is 202 Å². The Hall–Kier alpha value is -6.70. The average Bonchev–Trinajstić information content (AvgIpc) is 0.679. The molecule has 120 heavy (non-hydrogen) atoms. The van der Waals surface area contributed by atoms with E-state index in [-0.39, 0.29) is 34.1 Å². The zero-order valence-corrected chi connectivity index (χ0v) is 76.5. The number of thioether (sulfide) groups is 2. The zero-order valence-electron chi connectivity index (χ0n) is 73.2. The van der Waals surface area contributed by atoms with Gasteiger partial charge in [-0.2, -0.15) is 0 Å². The van der Waals surface area contributed by atoms with E-state index in [4.69, 9.17) is 9.47 Å². The molecule has 0 radical (unpaired) electrons. The van der Waals surface area contributed by atoms with Crippen LogP contribution in [0, 0.1) is 46.3 Å². The highest BCUT2D eigenvalue weighted by atomic mass is 32.2. The van der Waals surface area contributed by atoms with E-state index in [1.54, 1.807) is 59.7 Å². The van der Waals surface area contributed by atoms with Crippen LogP contribution in [0.3, 0.4) is 0 Å². The monoisotopic (exact) mass is 1710 g/mol. The largest absolute Gasteiger partial charge is 0.381 e. The Morgan fingerprint density at radius 3 is 1.18 bits per heavy atom. The Bertz CT molecular complexity index is 4530. The topological polar surface area (TPSA) is 188 Å². The highest BCUT2D eigenvalue weighted by molar-refractivity contribution is 7.99. The fourth-order valence-corrected chi connectivity index (χ4v) is 25.8. The molecule has 4 heterocycles.